The van der Waals surface area contributed by atoms with Gasteiger partial charge in [0, 0.05) is 6.61 Å². The van der Waals surface area contributed by atoms with Crippen LogP contribution in [0.25, 0.3) is 0 Å². The van der Waals surface area contributed by atoms with Crippen LogP contribution in [-0.2, 0) is 17.9 Å². The molecule has 0 radical (unpaired) electrons. The Bertz CT molecular complexity index is 290. The lowest BCUT2D eigenvalue weighted by molar-refractivity contribution is 0.299. The standard InChI is InChI=1S/C8H9NO2S/c10-6-5-7-1-3-8(4-2-7)9-12-11/h1-4,10H,5-6H2. The number of aliphatic hydroxyl groups is 1. The van der Waals surface area contributed by atoms with E-state index in [1.54, 1.807) is 12.1 Å². The van der Waals surface area contributed by atoms with Crippen molar-refractivity contribution in [2.24, 2.45) is 4.36 Å². The molecule has 12 heavy (non-hydrogen) atoms. The zero-order chi connectivity index (χ0) is 8.81. The lowest BCUT2D eigenvalue weighted by atomic mass is 10.1. The highest BCUT2D eigenvalue weighted by Crippen LogP contribution is 2.12. The summed E-state index contributed by atoms with van der Waals surface area (Å²) < 4.78 is 13.6. The first-order valence-electron chi connectivity index (χ1n) is 3.56. The van der Waals surface area contributed by atoms with E-state index in [-0.39, 0.29) is 18.1 Å². The molecule has 0 fully saturated rings. The fourth-order valence-electron chi connectivity index (χ4n) is 0.896. The summed E-state index contributed by atoms with van der Waals surface area (Å²) in [4.78, 5) is 0. The summed E-state index contributed by atoms with van der Waals surface area (Å²) in [6.45, 7) is 0.146. The van der Waals surface area contributed by atoms with E-state index in [1.165, 1.54) is 0 Å². The number of nitrogens with zero attached hydrogens (tertiary/aromatic N) is 1. The van der Waals surface area contributed by atoms with Gasteiger partial charge in [-0.15, -0.1) is 0 Å². The van der Waals surface area contributed by atoms with E-state index in [0.29, 0.717) is 12.1 Å². The molecule has 64 valence electrons. The normalized spacial score (nSPS) is 9.42. The van der Waals surface area contributed by atoms with Crippen LogP contribution in [0.3, 0.4) is 0 Å². The minimum absolute atomic E-state index is 0.146. The van der Waals surface area contributed by atoms with E-state index in [0.717, 1.165) is 5.56 Å². The largest absolute Gasteiger partial charge is 0.396 e. The summed E-state index contributed by atoms with van der Waals surface area (Å²) in [7, 11) is 0. The second-order valence-corrected chi connectivity index (χ2v) is 2.64. The first-order valence-corrected chi connectivity index (χ1v) is 4.26. The van der Waals surface area contributed by atoms with E-state index in [9.17, 15) is 4.21 Å². The van der Waals surface area contributed by atoms with Gasteiger partial charge >= 0.3 is 0 Å². The van der Waals surface area contributed by atoms with Crippen molar-refractivity contribution in [1.82, 2.24) is 0 Å². The zero-order valence-electron chi connectivity index (χ0n) is 6.43. The van der Waals surface area contributed by atoms with Crippen molar-refractivity contribution in [3.63, 3.8) is 0 Å². The highest BCUT2D eigenvalue weighted by atomic mass is 32.1. The third-order valence-electron chi connectivity index (χ3n) is 1.48. The van der Waals surface area contributed by atoms with E-state index in [2.05, 4.69) is 4.36 Å². The van der Waals surface area contributed by atoms with Crippen molar-refractivity contribution >= 4 is 17.2 Å². The summed E-state index contributed by atoms with van der Waals surface area (Å²) in [5.74, 6) is 0. The molecule has 4 heteroatoms. The first kappa shape index (κ1) is 9.09. The zero-order valence-corrected chi connectivity index (χ0v) is 7.25. The van der Waals surface area contributed by atoms with Gasteiger partial charge in [0.1, 0.15) is 0 Å². The van der Waals surface area contributed by atoms with Crippen molar-refractivity contribution in [2.45, 2.75) is 6.42 Å². The Kier molecular flexibility index (Phi) is 3.63. The molecule has 0 unspecified atom stereocenters. The molecular weight excluding hydrogens is 174 g/mol. The topological polar surface area (TPSA) is 49.7 Å². The minimum atomic E-state index is 0.146. The Labute approximate surface area is 74.3 Å². The van der Waals surface area contributed by atoms with Crippen molar-refractivity contribution in [1.29, 1.82) is 0 Å². The first-order chi connectivity index (χ1) is 5.86. The maximum Gasteiger partial charge on any atom is 0.205 e. The quantitative estimate of drug-likeness (QED) is 0.766. The molecule has 1 rings (SSSR count). The molecule has 0 spiro atoms. The van der Waals surface area contributed by atoms with Gasteiger partial charge in [0.15, 0.2) is 0 Å². The highest BCUT2D eigenvalue weighted by Gasteiger charge is 1.91. The summed E-state index contributed by atoms with van der Waals surface area (Å²) in [5, 5.41) is 8.61. The van der Waals surface area contributed by atoms with Gasteiger partial charge in [0.25, 0.3) is 0 Å². The van der Waals surface area contributed by atoms with E-state index >= 15 is 0 Å². The smallest absolute Gasteiger partial charge is 0.205 e. The fraction of sp³-hybridized carbons (Fsp3) is 0.250. The monoisotopic (exact) mass is 183 g/mol. The summed E-state index contributed by atoms with van der Waals surface area (Å²) >= 11 is 0.200. The molecular formula is C8H9NO2S. The van der Waals surface area contributed by atoms with Gasteiger partial charge in [-0.2, -0.15) is 8.57 Å². The van der Waals surface area contributed by atoms with Gasteiger partial charge < -0.3 is 5.11 Å². The van der Waals surface area contributed by atoms with Crippen LogP contribution in [0.1, 0.15) is 5.56 Å². The summed E-state index contributed by atoms with van der Waals surface area (Å²) in [6.07, 6.45) is 0.644. The van der Waals surface area contributed by atoms with Crippen LogP contribution in [0, 0.1) is 0 Å². The summed E-state index contributed by atoms with van der Waals surface area (Å²) in [5.41, 5.74) is 1.71. The average molecular weight is 183 g/mol. The molecule has 0 saturated carbocycles. The van der Waals surface area contributed by atoms with Crippen LogP contribution >= 0.6 is 0 Å². The highest BCUT2D eigenvalue weighted by molar-refractivity contribution is 7.54. The molecule has 1 N–H and O–H groups in total. The van der Waals surface area contributed by atoms with Crippen LogP contribution in [0.15, 0.2) is 28.6 Å². The van der Waals surface area contributed by atoms with Gasteiger partial charge in [-0.1, -0.05) is 12.1 Å². The number of rotatable bonds is 3. The number of hydrogen-bond acceptors (Lipinski definition) is 3. The molecule has 0 aliphatic heterocycles. The minimum Gasteiger partial charge on any atom is -0.396 e. The second kappa shape index (κ2) is 4.79. The SMILES string of the molecule is O=S=Nc1ccc(CCO)cc1. The number of aliphatic hydroxyl groups excluding tert-OH is 1. The van der Waals surface area contributed by atoms with Crippen molar-refractivity contribution in [2.75, 3.05) is 6.61 Å². The summed E-state index contributed by atoms with van der Waals surface area (Å²) in [6, 6.07) is 7.22. The third kappa shape index (κ3) is 2.56. The van der Waals surface area contributed by atoms with Crippen molar-refractivity contribution in [3.05, 3.63) is 29.8 Å². The third-order valence-corrected chi connectivity index (χ3v) is 1.76. The van der Waals surface area contributed by atoms with Crippen LogP contribution in [0.4, 0.5) is 5.69 Å². The molecule has 0 aliphatic rings. The Morgan fingerprint density at radius 1 is 1.33 bits per heavy atom. The molecule has 0 saturated heterocycles. The molecule has 1 aromatic carbocycles. The predicted octanol–water partition coefficient (Wildman–Crippen LogP) is 1.25. The number of hydrogen-bond donors (Lipinski definition) is 1. The average Bonchev–Trinajstić information content (AvgIpc) is 2.09. The van der Waals surface area contributed by atoms with Gasteiger partial charge in [0.05, 0.1) is 5.69 Å². The molecule has 0 amide bonds. The molecule has 0 bridgehead atoms. The van der Waals surface area contributed by atoms with Crippen LogP contribution in [0.5, 0.6) is 0 Å². The second-order valence-electron chi connectivity index (χ2n) is 2.31. The van der Waals surface area contributed by atoms with E-state index in [4.69, 9.17) is 5.11 Å². The lowest BCUT2D eigenvalue weighted by Crippen LogP contribution is -1.88. The maximum absolute atomic E-state index is 10.0. The van der Waals surface area contributed by atoms with Crippen molar-refractivity contribution in [3.8, 4) is 0 Å². The molecule has 0 aliphatic carbocycles. The molecule has 1 aromatic rings. The van der Waals surface area contributed by atoms with Gasteiger partial charge in [-0.05, 0) is 24.1 Å². The lowest BCUT2D eigenvalue weighted by Gasteiger charge is -1.96. The van der Waals surface area contributed by atoms with Gasteiger partial charge in [-0.25, -0.2) is 0 Å². The Hall–Kier alpha value is -1.00. The van der Waals surface area contributed by atoms with Crippen LogP contribution in [-0.4, -0.2) is 15.9 Å². The Morgan fingerprint density at radius 3 is 2.50 bits per heavy atom. The molecule has 0 atom stereocenters. The van der Waals surface area contributed by atoms with Crippen LogP contribution in [0.2, 0.25) is 0 Å². The Balaban J connectivity index is 2.77. The fourth-order valence-corrected chi connectivity index (χ4v) is 1.10. The van der Waals surface area contributed by atoms with Crippen molar-refractivity contribution < 1.29 is 9.32 Å². The molecule has 0 heterocycles. The number of benzene rings is 1. The maximum atomic E-state index is 10.0. The van der Waals surface area contributed by atoms with Gasteiger partial charge in [0.2, 0.25) is 11.5 Å². The van der Waals surface area contributed by atoms with Crippen LogP contribution < -0.4 is 0 Å². The molecule has 0 aromatic heterocycles. The van der Waals surface area contributed by atoms with E-state index in [1.807, 2.05) is 12.1 Å². The van der Waals surface area contributed by atoms with E-state index < -0.39 is 0 Å². The predicted molar refractivity (Wildman–Crippen MR) is 47.5 cm³/mol. The molecule has 3 nitrogen and oxygen atoms in total. The van der Waals surface area contributed by atoms with Gasteiger partial charge in [-0.3, -0.25) is 0 Å². The Morgan fingerprint density at radius 2 is 2.00 bits per heavy atom.